The Kier molecular flexibility index (Phi) is 4.24. The Balaban J connectivity index is 2.81. The van der Waals surface area contributed by atoms with Crippen LogP contribution in [-0.4, -0.2) is 48.4 Å². The molecule has 0 aliphatic rings. The second kappa shape index (κ2) is 5.28. The SMILES string of the molecule is CCOC(=O)CN(C)S(=O)(=O)c1cn(C)cn1. The van der Waals surface area contributed by atoms with Gasteiger partial charge in [-0.05, 0) is 6.92 Å². The number of rotatable bonds is 5. The van der Waals surface area contributed by atoms with Crippen LogP contribution >= 0.6 is 0 Å². The largest absolute Gasteiger partial charge is 0.465 e. The van der Waals surface area contributed by atoms with Crippen molar-refractivity contribution in [3.05, 3.63) is 12.5 Å². The minimum atomic E-state index is -3.73. The van der Waals surface area contributed by atoms with Crippen LogP contribution in [0.4, 0.5) is 0 Å². The first-order chi connectivity index (χ1) is 7.87. The maximum absolute atomic E-state index is 11.9. The molecule has 1 aromatic rings. The minimum Gasteiger partial charge on any atom is -0.465 e. The molecule has 0 saturated carbocycles. The fourth-order valence-corrected chi connectivity index (χ4v) is 2.23. The Morgan fingerprint density at radius 1 is 1.59 bits per heavy atom. The Morgan fingerprint density at radius 3 is 2.71 bits per heavy atom. The lowest BCUT2D eigenvalue weighted by Crippen LogP contribution is -2.33. The zero-order chi connectivity index (χ0) is 13.1. The molecule has 0 spiro atoms. The van der Waals surface area contributed by atoms with Crippen LogP contribution in [0.15, 0.2) is 17.6 Å². The molecule has 0 N–H and O–H groups in total. The van der Waals surface area contributed by atoms with Gasteiger partial charge in [-0.15, -0.1) is 0 Å². The van der Waals surface area contributed by atoms with E-state index in [-0.39, 0.29) is 18.2 Å². The monoisotopic (exact) mass is 261 g/mol. The maximum atomic E-state index is 11.9. The van der Waals surface area contributed by atoms with E-state index in [2.05, 4.69) is 9.72 Å². The summed E-state index contributed by atoms with van der Waals surface area (Å²) in [6.07, 6.45) is 2.75. The van der Waals surface area contributed by atoms with Crippen molar-refractivity contribution in [2.45, 2.75) is 11.9 Å². The fraction of sp³-hybridized carbons (Fsp3) is 0.556. The number of carbonyl (C=O) groups excluding carboxylic acids is 1. The lowest BCUT2D eigenvalue weighted by Gasteiger charge is -2.14. The van der Waals surface area contributed by atoms with Crippen molar-refractivity contribution in [2.24, 2.45) is 7.05 Å². The predicted octanol–water partition coefficient (Wildman–Crippen LogP) is -0.396. The molecule has 1 heterocycles. The molecule has 0 unspecified atom stereocenters. The number of sulfonamides is 1. The van der Waals surface area contributed by atoms with Crippen molar-refractivity contribution in [3.63, 3.8) is 0 Å². The van der Waals surface area contributed by atoms with Crippen LogP contribution in [0.1, 0.15) is 6.92 Å². The number of esters is 1. The molecule has 96 valence electrons. The molecule has 0 aromatic carbocycles. The van der Waals surface area contributed by atoms with Gasteiger partial charge >= 0.3 is 5.97 Å². The van der Waals surface area contributed by atoms with Gasteiger partial charge in [-0.2, -0.15) is 4.31 Å². The van der Waals surface area contributed by atoms with Crippen molar-refractivity contribution < 1.29 is 17.9 Å². The highest BCUT2D eigenvalue weighted by atomic mass is 32.2. The van der Waals surface area contributed by atoms with E-state index in [0.717, 1.165) is 4.31 Å². The number of carbonyl (C=O) groups is 1. The molecular formula is C9H15N3O4S. The molecule has 1 aromatic heterocycles. The molecular weight excluding hydrogens is 246 g/mol. The second-order valence-electron chi connectivity index (χ2n) is 3.44. The van der Waals surface area contributed by atoms with E-state index in [0.29, 0.717) is 0 Å². The van der Waals surface area contributed by atoms with Crippen LogP contribution in [0.5, 0.6) is 0 Å². The molecule has 0 atom stereocenters. The van der Waals surface area contributed by atoms with E-state index >= 15 is 0 Å². The summed E-state index contributed by atoms with van der Waals surface area (Å²) in [4.78, 5) is 14.9. The number of imidazole rings is 1. The molecule has 0 bridgehead atoms. The molecule has 17 heavy (non-hydrogen) atoms. The van der Waals surface area contributed by atoms with Crippen LogP contribution in [0.3, 0.4) is 0 Å². The third kappa shape index (κ3) is 3.27. The third-order valence-electron chi connectivity index (χ3n) is 2.01. The number of nitrogens with zero attached hydrogens (tertiary/aromatic N) is 3. The van der Waals surface area contributed by atoms with Gasteiger partial charge in [0.05, 0.1) is 12.9 Å². The molecule has 0 fully saturated rings. The van der Waals surface area contributed by atoms with Crippen molar-refractivity contribution in [1.82, 2.24) is 13.9 Å². The Morgan fingerprint density at radius 2 is 2.24 bits per heavy atom. The van der Waals surface area contributed by atoms with Gasteiger partial charge in [-0.1, -0.05) is 0 Å². The predicted molar refractivity (Wildman–Crippen MR) is 59.7 cm³/mol. The van der Waals surface area contributed by atoms with Gasteiger partial charge < -0.3 is 9.30 Å². The normalized spacial score (nSPS) is 11.8. The molecule has 7 nitrogen and oxygen atoms in total. The smallest absolute Gasteiger partial charge is 0.321 e. The van der Waals surface area contributed by atoms with Crippen LogP contribution in [0.2, 0.25) is 0 Å². The summed E-state index contributed by atoms with van der Waals surface area (Å²) < 4.78 is 31.0. The van der Waals surface area contributed by atoms with E-state index < -0.39 is 16.0 Å². The van der Waals surface area contributed by atoms with Gasteiger partial charge in [-0.3, -0.25) is 4.79 Å². The van der Waals surface area contributed by atoms with E-state index in [1.54, 1.807) is 14.0 Å². The summed E-state index contributed by atoms with van der Waals surface area (Å²) in [6, 6.07) is 0. The number of hydrogen-bond donors (Lipinski definition) is 0. The molecule has 0 aliphatic carbocycles. The first kappa shape index (κ1) is 13.7. The topological polar surface area (TPSA) is 81.5 Å². The number of aromatic nitrogens is 2. The van der Waals surface area contributed by atoms with Gasteiger partial charge in [-0.25, -0.2) is 13.4 Å². The summed E-state index contributed by atoms with van der Waals surface area (Å²) >= 11 is 0. The van der Waals surface area contributed by atoms with Crippen LogP contribution < -0.4 is 0 Å². The van der Waals surface area contributed by atoms with Gasteiger partial charge in [0.1, 0.15) is 6.54 Å². The highest BCUT2D eigenvalue weighted by Gasteiger charge is 2.25. The van der Waals surface area contributed by atoms with Gasteiger partial charge in [0, 0.05) is 20.3 Å². The van der Waals surface area contributed by atoms with Crippen LogP contribution in [0.25, 0.3) is 0 Å². The fourth-order valence-electron chi connectivity index (χ4n) is 1.16. The summed E-state index contributed by atoms with van der Waals surface area (Å²) in [7, 11) is -0.760. The van der Waals surface area contributed by atoms with Crippen molar-refractivity contribution in [2.75, 3.05) is 20.2 Å². The quantitative estimate of drug-likeness (QED) is 0.674. The number of aryl methyl sites for hydroxylation is 1. The highest BCUT2D eigenvalue weighted by molar-refractivity contribution is 7.89. The molecule has 8 heteroatoms. The molecule has 1 rings (SSSR count). The van der Waals surface area contributed by atoms with Crippen LogP contribution in [0, 0.1) is 0 Å². The zero-order valence-corrected chi connectivity index (χ0v) is 10.8. The van der Waals surface area contributed by atoms with E-state index in [4.69, 9.17) is 0 Å². The summed E-state index contributed by atoms with van der Waals surface area (Å²) in [6.45, 7) is 1.55. The molecule has 0 aliphatic heterocycles. The van der Waals surface area contributed by atoms with E-state index in [1.807, 2.05) is 0 Å². The average molecular weight is 261 g/mol. The van der Waals surface area contributed by atoms with Gasteiger partial charge in [0.15, 0.2) is 5.03 Å². The number of likely N-dealkylation sites (N-methyl/N-ethyl adjacent to an activating group) is 1. The molecule has 0 radical (unpaired) electrons. The lowest BCUT2D eigenvalue weighted by molar-refractivity contribution is -0.143. The lowest BCUT2D eigenvalue weighted by atomic mass is 10.6. The van der Waals surface area contributed by atoms with E-state index in [1.165, 1.54) is 24.1 Å². The summed E-state index contributed by atoms with van der Waals surface area (Å²) in [5, 5.41) is -0.0909. The van der Waals surface area contributed by atoms with E-state index in [9.17, 15) is 13.2 Å². The Hall–Kier alpha value is -1.41. The molecule has 0 saturated heterocycles. The maximum Gasteiger partial charge on any atom is 0.321 e. The van der Waals surface area contributed by atoms with Crippen molar-refractivity contribution in [1.29, 1.82) is 0 Å². The Labute approximate surface area is 100 Å². The summed E-state index contributed by atoms with van der Waals surface area (Å²) in [5.74, 6) is -0.588. The summed E-state index contributed by atoms with van der Waals surface area (Å²) in [5.41, 5.74) is 0. The van der Waals surface area contributed by atoms with Crippen molar-refractivity contribution >= 4 is 16.0 Å². The number of hydrogen-bond acceptors (Lipinski definition) is 5. The van der Waals surface area contributed by atoms with Gasteiger partial charge in [0.25, 0.3) is 10.0 Å². The zero-order valence-electron chi connectivity index (χ0n) is 9.95. The number of ether oxygens (including phenoxy) is 1. The average Bonchev–Trinajstić information content (AvgIpc) is 2.65. The minimum absolute atomic E-state index is 0.0909. The Bertz CT molecular complexity index is 494. The first-order valence-electron chi connectivity index (χ1n) is 4.98. The third-order valence-corrected chi connectivity index (χ3v) is 3.70. The first-order valence-corrected chi connectivity index (χ1v) is 6.42. The highest BCUT2D eigenvalue weighted by Crippen LogP contribution is 2.10. The van der Waals surface area contributed by atoms with Crippen LogP contribution in [-0.2, 0) is 26.6 Å². The standard InChI is InChI=1S/C9H15N3O4S/c1-4-16-9(13)6-12(3)17(14,15)8-5-11(2)7-10-8/h5,7H,4,6H2,1-3H3. The van der Waals surface area contributed by atoms with Gasteiger partial charge in [0.2, 0.25) is 0 Å². The molecule has 0 amide bonds. The second-order valence-corrected chi connectivity index (χ2v) is 5.44. The van der Waals surface area contributed by atoms with Crippen molar-refractivity contribution in [3.8, 4) is 0 Å².